The molecule has 2 aromatic rings. The van der Waals surface area contributed by atoms with Crippen molar-refractivity contribution in [2.75, 3.05) is 5.32 Å². The molecule has 0 radical (unpaired) electrons. The van der Waals surface area contributed by atoms with Crippen LogP contribution in [0.15, 0.2) is 97.2 Å². The Morgan fingerprint density at radius 3 is 2.71 bits per heavy atom. The van der Waals surface area contributed by atoms with Crippen LogP contribution < -0.4 is 5.32 Å². The van der Waals surface area contributed by atoms with Crippen LogP contribution in [0.5, 0.6) is 0 Å². The number of pyridine rings is 2. The fourth-order valence-electron chi connectivity index (χ4n) is 2.18. The van der Waals surface area contributed by atoms with E-state index in [0.29, 0.717) is 6.42 Å². The Hall–Kier alpha value is -3.87. The number of aromatic nitrogens is 2. The second-order valence-electron chi connectivity index (χ2n) is 5.66. The van der Waals surface area contributed by atoms with Crippen LogP contribution >= 0.6 is 0 Å². The van der Waals surface area contributed by atoms with Crippen molar-refractivity contribution in [3.63, 3.8) is 0 Å². The first kappa shape index (κ1) is 20.4. The summed E-state index contributed by atoms with van der Waals surface area (Å²) >= 11 is 0. The lowest BCUT2D eigenvalue weighted by molar-refractivity contribution is -0.425. The Morgan fingerprint density at radius 1 is 1.25 bits per heavy atom. The predicted octanol–water partition coefficient (Wildman–Crippen LogP) is 4.64. The summed E-state index contributed by atoms with van der Waals surface area (Å²) in [6.45, 7) is 6.92. The summed E-state index contributed by atoms with van der Waals surface area (Å²) in [6.07, 6.45) is 14.6. The molecule has 0 spiro atoms. The van der Waals surface area contributed by atoms with Crippen LogP contribution in [0.2, 0.25) is 0 Å². The number of hydrogen-bond acceptors (Lipinski definition) is 6. The van der Waals surface area contributed by atoms with E-state index in [1.54, 1.807) is 24.7 Å². The standard InChI is InChI=1S/C21H21N5O2/c1-3-4-7-18(11-14-22-17(2)26(27)28)12-15-23-19-9-10-21(25-16-19)20-8-5-6-13-24-20/h3-10,12-16,18,23H,1-2,11H2/b7-4-,15-12?,22-14-. The van der Waals surface area contributed by atoms with Crippen molar-refractivity contribution in [1.29, 1.82) is 0 Å². The molecular formula is C21H21N5O2. The fraction of sp³-hybridized carbons (Fsp3) is 0.0952. The molecule has 1 unspecified atom stereocenters. The number of nitrogens with zero attached hydrogens (tertiary/aromatic N) is 4. The van der Waals surface area contributed by atoms with E-state index in [2.05, 4.69) is 33.4 Å². The van der Waals surface area contributed by atoms with Crippen molar-refractivity contribution in [3.8, 4) is 11.4 Å². The summed E-state index contributed by atoms with van der Waals surface area (Å²) in [7, 11) is 0. The van der Waals surface area contributed by atoms with Crippen LogP contribution in [0.4, 0.5) is 5.69 Å². The minimum Gasteiger partial charge on any atom is -0.361 e. The highest BCUT2D eigenvalue weighted by Gasteiger charge is 2.04. The second kappa shape index (κ2) is 11.0. The van der Waals surface area contributed by atoms with Gasteiger partial charge in [-0.05, 0) is 42.0 Å². The first-order valence-electron chi connectivity index (χ1n) is 8.56. The first-order chi connectivity index (χ1) is 13.6. The van der Waals surface area contributed by atoms with Gasteiger partial charge in [-0.3, -0.25) is 9.97 Å². The lowest BCUT2D eigenvalue weighted by Gasteiger charge is -2.05. The third-order valence-corrected chi connectivity index (χ3v) is 3.61. The monoisotopic (exact) mass is 375 g/mol. The van der Waals surface area contributed by atoms with Gasteiger partial charge in [0.1, 0.15) is 6.21 Å². The van der Waals surface area contributed by atoms with E-state index in [9.17, 15) is 10.1 Å². The molecule has 2 aromatic heterocycles. The molecule has 28 heavy (non-hydrogen) atoms. The van der Waals surface area contributed by atoms with E-state index in [1.165, 1.54) is 6.21 Å². The summed E-state index contributed by atoms with van der Waals surface area (Å²) in [6, 6.07) is 9.49. The lowest BCUT2D eigenvalue weighted by atomic mass is 10.1. The van der Waals surface area contributed by atoms with Crippen molar-refractivity contribution in [2.24, 2.45) is 10.9 Å². The van der Waals surface area contributed by atoms with Gasteiger partial charge in [0.25, 0.3) is 0 Å². The molecule has 2 heterocycles. The number of allylic oxidation sites excluding steroid dienone is 4. The molecule has 0 saturated heterocycles. The zero-order valence-corrected chi connectivity index (χ0v) is 15.3. The molecule has 0 aliphatic heterocycles. The topological polar surface area (TPSA) is 93.3 Å². The van der Waals surface area contributed by atoms with Gasteiger partial charge < -0.3 is 15.4 Å². The van der Waals surface area contributed by atoms with E-state index in [-0.39, 0.29) is 11.7 Å². The minimum atomic E-state index is -0.621. The lowest BCUT2D eigenvalue weighted by Crippen LogP contribution is -1.98. The Morgan fingerprint density at radius 2 is 2.07 bits per heavy atom. The van der Waals surface area contributed by atoms with Crippen molar-refractivity contribution >= 4 is 11.9 Å². The molecule has 7 nitrogen and oxygen atoms in total. The number of nitro groups is 1. The van der Waals surface area contributed by atoms with Crippen LogP contribution in [0.1, 0.15) is 6.42 Å². The zero-order chi connectivity index (χ0) is 20.2. The number of aliphatic imine (C=N–C) groups is 1. The van der Waals surface area contributed by atoms with Gasteiger partial charge in [-0.15, -0.1) is 0 Å². The average molecular weight is 375 g/mol. The molecule has 7 heteroatoms. The molecular weight excluding hydrogens is 354 g/mol. The van der Waals surface area contributed by atoms with Crippen molar-refractivity contribution in [2.45, 2.75) is 6.42 Å². The fourth-order valence-corrected chi connectivity index (χ4v) is 2.18. The largest absolute Gasteiger partial charge is 0.361 e. The van der Waals surface area contributed by atoms with E-state index in [0.717, 1.165) is 17.1 Å². The summed E-state index contributed by atoms with van der Waals surface area (Å²) in [4.78, 5) is 22.3. The molecule has 142 valence electrons. The van der Waals surface area contributed by atoms with Gasteiger partial charge in [-0.2, -0.15) is 0 Å². The van der Waals surface area contributed by atoms with E-state index < -0.39 is 4.92 Å². The van der Waals surface area contributed by atoms with Crippen LogP contribution in [-0.2, 0) is 0 Å². The molecule has 0 amide bonds. The number of nitrogens with one attached hydrogen (secondary N) is 1. The number of anilines is 1. The molecule has 1 N–H and O–H groups in total. The SMILES string of the molecule is C=C/C=C\C(C=CNc1ccc(-c2ccccn2)nc1)C/C=N\C(=C)[N+](=O)[O-]. The maximum Gasteiger partial charge on any atom is 0.355 e. The molecule has 0 aromatic carbocycles. The highest BCUT2D eigenvalue weighted by atomic mass is 16.6. The maximum absolute atomic E-state index is 10.5. The Balaban J connectivity index is 1.96. The second-order valence-corrected chi connectivity index (χ2v) is 5.66. The Labute approximate surface area is 163 Å². The summed E-state index contributed by atoms with van der Waals surface area (Å²) < 4.78 is 0. The maximum atomic E-state index is 10.5. The van der Waals surface area contributed by atoms with Crippen LogP contribution in [0, 0.1) is 16.0 Å². The molecule has 0 saturated carbocycles. The molecule has 1 atom stereocenters. The molecule has 0 aliphatic carbocycles. The van der Waals surface area contributed by atoms with Crippen molar-refractivity contribution in [1.82, 2.24) is 9.97 Å². The predicted molar refractivity (Wildman–Crippen MR) is 112 cm³/mol. The van der Waals surface area contributed by atoms with Crippen LogP contribution in [-0.4, -0.2) is 21.1 Å². The number of rotatable bonds is 10. The highest BCUT2D eigenvalue weighted by molar-refractivity contribution is 5.60. The van der Waals surface area contributed by atoms with Crippen LogP contribution in [0.25, 0.3) is 11.4 Å². The molecule has 0 fully saturated rings. The van der Waals surface area contributed by atoms with Gasteiger partial charge in [-0.25, -0.2) is 0 Å². The summed E-state index contributed by atoms with van der Waals surface area (Å²) in [5, 5.41) is 13.7. The van der Waals surface area contributed by atoms with E-state index in [1.807, 2.05) is 48.6 Å². The van der Waals surface area contributed by atoms with Crippen molar-refractivity contribution < 1.29 is 4.92 Å². The molecule has 0 aliphatic rings. The minimum absolute atomic E-state index is 0.00504. The third kappa shape index (κ3) is 6.80. The van der Waals surface area contributed by atoms with Crippen LogP contribution in [0.3, 0.4) is 0 Å². The Bertz CT molecular complexity index is 887. The summed E-state index contributed by atoms with van der Waals surface area (Å²) in [5.41, 5.74) is 2.44. The highest BCUT2D eigenvalue weighted by Crippen LogP contribution is 2.16. The quantitative estimate of drug-likeness (QED) is 0.283. The normalized spacial score (nSPS) is 12.4. The zero-order valence-electron chi connectivity index (χ0n) is 15.3. The average Bonchev–Trinajstić information content (AvgIpc) is 2.72. The smallest absolute Gasteiger partial charge is 0.355 e. The molecule has 2 rings (SSSR count). The Kier molecular flexibility index (Phi) is 8.01. The third-order valence-electron chi connectivity index (χ3n) is 3.61. The van der Waals surface area contributed by atoms with Gasteiger partial charge in [0, 0.05) is 18.5 Å². The number of hydrogen-bond donors (Lipinski definition) is 1. The molecule has 0 bridgehead atoms. The van der Waals surface area contributed by atoms with Crippen molar-refractivity contribution in [3.05, 3.63) is 102 Å². The summed E-state index contributed by atoms with van der Waals surface area (Å²) in [5.74, 6) is -0.387. The van der Waals surface area contributed by atoms with Gasteiger partial charge >= 0.3 is 5.82 Å². The first-order valence-corrected chi connectivity index (χ1v) is 8.56. The van der Waals surface area contributed by atoms with Gasteiger partial charge in [0.05, 0.1) is 23.3 Å². The van der Waals surface area contributed by atoms with E-state index >= 15 is 0 Å². The van der Waals surface area contributed by atoms with Gasteiger partial charge in [-0.1, -0.05) is 41.9 Å². The van der Waals surface area contributed by atoms with E-state index in [4.69, 9.17) is 0 Å². The van der Waals surface area contributed by atoms with Gasteiger partial charge in [0.2, 0.25) is 0 Å². The van der Waals surface area contributed by atoms with Gasteiger partial charge in [0.15, 0.2) is 0 Å².